The molecule has 0 fully saturated rings. The van der Waals surface area contributed by atoms with E-state index in [-0.39, 0.29) is 5.82 Å². The van der Waals surface area contributed by atoms with E-state index in [0.29, 0.717) is 17.9 Å². The molecule has 0 saturated heterocycles. The summed E-state index contributed by atoms with van der Waals surface area (Å²) in [6.07, 6.45) is 0. The molecule has 0 aliphatic carbocycles. The first-order valence-electron chi connectivity index (χ1n) is 6.48. The maximum atomic E-state index is 13.3. The van der Waals surface area contributed by atoms with Crippen molar-refractivity contribution in [2.75, 3.05) is 23.9 Å². The van der Waals surface area contributed by atoms with Crippen molar-refractivity contribution in [3.8, 4) is 0 Å². The quantitative estimate of drug-likeness (QED) is 0.907. The lowest BCUT2D eigenvalue weighted by Crippen LogP contribution is -2.23. The summed E-state index contributed by atoms with van der Waals surface area (Å²) in [5, 5.41) is 8.21. The highest BCUT2D eigenvalue weighted by Crippen LogP contribution is 2.29. The van der Waals surface area contributed by atoms with Gasteiger partial charge >= 0.3 is 0 Å². The molecule has 0 radical (unpaired) electrons. The predicted molar refractivity (Wildman–Crippen MR) is 80.2 cm³/mol. The lowest BCUT2D eigenvalue weighted by atomic mass is 10.1. The highest BCUT2D eigenvalue weighted by Gasteiger charge is 2.25. The number of nitrogens with one attached hydrogen (secondary N) is 1. The SMILES string of the molecule is CN(C)c1ccc(N2Cc3ccc(F)cc3C2=N)cc1. The number of fused-ring (bicyclic) bond motifs is 1. The summed E-state index contributed by atoms with van der Waals surface area (Å²) < 4.78 is 13.3. The molecule has 0 amide bonds. The third-order valence-electron chi connectivity index (χ3n) is 3.60. The van der Waals surface area contributed by atoms with E-state index in [1.54, 1.807) is 6.07 Å². The lowest BCUT2D eigenvalue weighted by molar-refractivity contribution is 0.627. The Hall–Kier alpha value is -2.36. The third kappa shape index (κ3) is 2.03. The van der Waals surface area contributed by atoms with Crippen molar-refractivity contribution >= 4 is 17.2 Å². The predicted octanol–water partition coefficient (Wildman–Crippen LogP) is 3.24. The second kappa shape index (κ2) is 4.63. The van der Waals surface area contributed by atoms with E-state index in [1.165, 1.54) is 12.1 Å². The molecule has 0 spiro atoms. The molecule has 1 heterocycles. The number of benzene rings is 2. The van der Waals surface area contributed by atoms with Crippen LogP contribution in [0.25, 0.3) is 0 Å². The number of amidine groups is 1. The van der Waals surface area contributed by atoms with Gasteiger partial charge in [0.25, 0.3) is 0 Å². The van der Waals surface area contributed by atoms with Crippen LogP contribution in [0.5, 0.6) is 0 Å². The fourth-order valence-electron chi connectivity index (χ4n) is 2.45. The van der Waals surface area contributed by atoms with E-state index in [2.05, 4.69) is 0 Å². The fourth-order valence-corrected chi connectivity index (χ4v) is 2.45. The standard InChI is InChI=1S/C16H16FN3/c1-19(2)13-5-7-14(8-6-13)20-10-11-3-4-12(17)9-15(11)16(20)18/h3-9,18H,10H2,1-2H3. The monoisotopic (exact) mass is 269 g/mol. The number of anilines is 2. The second-order valence-electron chi connectivity index (χ2n) is 5.15. The van der Waals surface area contributed by atoms with E-state index in [4.69, 9.17) is 5.41 Å². The van der Waals surface area contributed by atoms with Gasteiger partial charge in [-0.2, -0.15) is 0 Å². The largest absolute Gasteiger partial charge is 0.378 e. The van der Waals surface area contributed by atoms with E-state index < -0.39 is 0 Å². The minimum absolute atomic E-state index is 0.293. The Morgan fingerprint density at radius 3 is 2.45 bits per heavy atom. The first kappa shape index (κ1) is 12.7. The molecule has 0 saturated carbocycles. The van der Waals surface area contributed by atoms with Gasteiger partial charge in [-0.3, -0.25) is 5.41 Å². The van der Waals surface area contributed by atoms with Crippen molar-refractivity contribution < 1.29 is 4.39 Å². The summed E-state index contributed by atoms with van der Waals surface area (Å²) in [6, 6.07) is 12.7. The van der Waals surface area contributed by atoms with Gasteiger partial charge in [-0.15, -0.1) is 0 Å². The van der Waals surface area contributed by atoms with Crippen LogP contribution in [0.4, 0.5) is 15.8 Å². The summed E-state index contributed by atoms with van der Waals surface area (Å²) in [4.78, 5) is 3.92. The minimum atomic E-state index is -0.293. The van der Waals surface area contributed by atoms with Crippen LogP contribution in [0.1, 0.15) is 11.1 Å². The number of halogens is 1. The molecule has 1 N–H and O–H groups in total. The number of nitrogens with zero attached hydrogens (tertiary/aromatic N) is 2. The summed E-state index contributed by atoms with van der Waals surface area (Å²) >= 11 is 0. The van der Waals surface area contributed by atoms with Crippen molar-refractivity contribution in [2.45, 2.75) is 6.54 Å². The Bertz CT molecular complexity index is 662. The van der Waals surface area contributed by atoms with Crippen LogP contribution < -0.4 is 9.80 Å². The lowest BCUT2D eigenvalue weighted by Gasteiger charge is -2.19. The Morgan fingerprint density at radius 2 is 1.80 bits per heavy atom. The highest BCUT2D eigenvalue weighted by atomic mass is 19.1. The summed E-state index contributed by atoms with van der Waals surface area (Å²) in [6.45, 7) is 0.621. The summed E-state index contributed by atoms with van der Waals surface area (Å²) in [5.74, 6) is 0.0652. The first-order valence-corrected chi connectivity index (χ1v) is 6.48. The van der Waals surface area contributed by atoms with Gasteiger partial charge in [-0.1, -0.05) is 6.07 Å². The molecule has 2 aromatic rings. The molecular formula is C16H16FN3. The Morgan fingerprint density at radius 1 is 1.10 bits per heavy atom. The van der Waals surface area contributed by atoms with Crippen molar-refractivity contribution in [1.29, 1.82) is 5.41 Å². The molecule has 3 rings (SSSR count). The molecule has 1 aliphatic rings. The van der Waals surface area contributed by atoms with Gasteiger partial charge in [0.1, 0.15) is 11.7 Å². The maximum Gasteiger partial charge on any atom is 0.133 e. The van der Waals surface area contributed by atoms with Crippen LogP contribution in [0.3, 0.4) is 0 Å². The zero-order valence-electron chi connectivity index (χ0n) is 11.5. The van der Waals surface area contributed by atoms with Gasteiger partial charge in [-0.05, 0) is 42.0 Å². The Labute approximate surface area is 117 Å². The topological polar surface area (TPSA) is 30.3 Å². The molecule has 0 aromatic heterocycles. The normalized spacial score (nSPS) is 13.6. The van der Waals surface area contributed by atoms with Crippen LogP contribution in [0.2, 0.25) is 0 Å². The van der Waals surface area contributed by atoms with Gasteiger partial charge in [-0.25, -0.2) is 4.39 Å². The minimum Gasteiger partial charge on any atom is -0.378 e. The van der Waals surface area contributed by atoms with Crippen LogP contribution >= 0.6 is 0 Å². The van der Waals surface area contributed by atoms with Gasteiger partial charge in [0.2, 0.25) is 0 Å². The summed E-state index contributed by atoms with van der Waals surface area (Å²) in [5.41, 5.74) is 3.75. The number of hydrogen-bond donors (Lipinski definition) is 1. The van der Waals surface area contributed by atoms with E-state index in [9.17, 15) is 4.39 Å². The van der Waals surface area contributed by atoms with Crippen LogP contribution in [-0.2, 0) is 6.54 Å². The van der Waals surface area contributed by atoms with Crippen LogP contribution in [0.15, 0.2) is 42.5 Å². The van der Waals surface area contributed by atoms with Crippen LogP contribution in [0, 0.1) is 11.2 Å². The highest BCUT2D eigenvalue weighted by molar-refractivity contribution is 6.11. The fraction of sp³-hybridized carbons (Fsp3) is 0.188. The van der Waals surface area contributed by atoms with Gasteiger partial charge in [0.05, 0.1) is 6.54 Å². The molecule has 4 heteroatoms. The Kier molecular flexibility index (Phi) is 2.93. The molecule has 1 aliphatic heterocycles. The average molecular weight is 269 g/mol. The smallest absolute Gasteiger partial charge is 0.133 e. The van der Waals surface area contributed by atoms with Crippen molar-refractivity contribution in [3.05, 3.63) is 59.4 Å². The van der Waals surface area contributed by atoms with Crippen LogP contribution in [-0.4, -0.2) is 19.9 Å². The molecule has 3 nitrogen and oxygen atoms in total. The average Bonchev–Trinajstić information content (AvgIpc) is 2.76. The molecule has 0 atom stereocenters. The van der Waals surface area contributed by atoms with Crippen molar-refractivity contribution in [3.63, 3.8) is 0 Å². The summed E-state index contributed by atoms with van der Waals surface area (Å²) in [7, 11) is 3.98. The van der Waals surface area contributed by atoms with Gasteiger partial charge in [0, 0.05) is 31.0 Å². The Balaban J connectivity index is 1.92. The molecule has 20 heavy (non-hydrogen) atoms. The first-order chi connectivity index (χ1) is 9.56. The molecule has 0 unspecified atom stereocenters. The number of hydrogen-bond acceptors (Lipinski definition) is 2. The molecule has 2 aromatic carbocycles. The van der Waals surface area contributed by atoms with Gasteiger partial charge in [0.15, 0.2) is 0 Å². The third-order valence-corrected chi connectivity index (χ3v) is 3.60. The molecular weight excluding hydrogens is 253 g/mol. The number of rotatable bonds is 2. The zero-order valence-corrected chi connectivity index (χ0v) is 11.5. The van der Waals surface area contributed by atoms with Crippen molar-refractivity contribution in [2.24, 2.45) is 0 Å². The van der Waals surface area contributed by atoms with Crippen molar-refractivity contribution in [1.82, 2.24) is 0 Å². The maximum absolute atomic E-state index is 13.3. The second-order valence-corrected chi connectivity index (χ2v) is 5.15. The molecule has 0 bridgehead atoms. The van der Waals surface area contributed by atoms with E-state index in [1.807, 2.05) is 48.2 Å². The van der Waals surface area contributed by atoms with E-state index in [0.717, 1.165) is 16.9 Å². The van der Waals surface area contributed by atoms with Gasteiger partial charge < -0.3 is 9.80 Å². The molecule has 102 valence electrons. The van der Waals surface area contributed by atoms with E-state index >= 15 is 0 Å². The zero-order chi connectivity index (χ0) is 14.3.